The van der Waals surface area contributed by atoms with E-state index in [1.54, 1.807) is 0 Å². The van der Waals surface area contributed by atoms with Crippen molar-refractivity contribution in [1.29, 1.82) is 0 Å². The van der Waals surface area contributed by atoms with E-state index >= 15 is 0 Å². The van der Waals surface area contributed by atoms with Crippen molar-refractivity contribution in [1.82, 2.24) is 10.1 Å². The third kappa shape index (κ3) is 3.90. The first-order valence-electron chi connectivity index (χ1n) is 16.2. The van der Waals surface area contributed by atoms with Gasteiger partial charge in [-0.05, 0) is 99.3 Å². The van der Waals surface area contributed by atoms with Gasteiger partial charge in [-0.15, -0.1) is 0 Å². The number of aromatic nitrogens is 2. The lowest BCUT2D eigenvalue weighted by atomic mass is 9.41. The maximum absolute atomic E-state index is 14.6. The SMILES string of the molecule is [C-]#[N+]C1(c2ccc(-c3cccc(N(CC45CCC(c6nc(C7CC7)no6)(CC4)CC5)C(=O)C45CC(F)(C4)C5)c3)cc2)CC1. The van der Waals surface area contributed by atoms with Crippen LogP contribution in [0.2, 0.25) is 0 Å². The molecule has 0 spiro atoms. The van der Waals surface area contributed by atoms with Crippen molar-refractivity contribution in [2.45, 2.75) is 106 Å². The van der Waals surface area contributed by atoms with E-state index in [2.05, 4.69) is 52.5 Å². The van der Waals surface area contributed by atoms with E-state index in [1.807, 2.05) is 11.0 Å². The normalized spacial score (nSPS) is 34.5. The average Bonchev–Trinajstić information content (AvgIpc) is 3.97. The number of fused-ring (bicyclic) bond motifs is 3. The van der Waals surface area contributed by atoms with Crippen LogP contribution in [0.25, 0.3) is 16.0 Å². The molecule has 220 valence electrons. The Hall–Kier alpha value is -3.53. The summed E-state index contributed by atoms with van der Waals surface area (Å²) in [5, 5.41) is 4.32. The van der Waals surface area contributed by atoms with Crippen LogP contribution < -0.4 is 4.90 Å². The number of rotatable bonds is 8. The van der Waals surface area contributed by atoms with Crippen LogP contribution in [0.5, 0.6) is 0 Å². The fraction of sp³-hybridized carbons (Fsp3) is 0.556. The van der Waals surface area contributed by atoms with Gasteiger partial charge in [0.15, 0.2) is 5.82 Å². The summed E-state index contributed by atoms with van der Waals surface area (Å²) in [4.78, 5) is 25.0. The second-order valence-corrected chi connectivity index (χ2v) is 15.1. The molecular formula is C36H37FN4O2. The third-order valence-electron chi connectivity index (χ3n) is 12.2. The molecule has 0 unspecified atom stereocenters. The molecule has 11 rings (SSSR count). The molecule has 0 radical (unpaired) electrons. The Kier molecular flexibility index (Phi) is 5.16. The number of benzene rings is 2. The zero-order chi connectivity index (χ0) is 29.1. The average molecular weight is 577 g/mol. The Labute approximate surface area is 251 Å². The summed E-state index contributed by atoms with van der Waals surface area (Å²) in [6, 6.07) is 16.7. The highest BCUT2D eigenvalue weighted by Crippen LogP contribution is 2.70. The van der Waals surface area contributed by atoms with Gasteiger partial charge in [-0.2, -0.15) is 4.98 Å². The van der Waals surface area contributed by atoms with Crippen LogP contribution in [0.15, 0.2) is 53.1 Å². The van der Waals surface area contributed by atoms with Crippen LogP contribution >= 0.6 is 0 Å². The predicted molar refractivity (Wildman–Crippen MR) is 160 cm³/mol. The number of carbonyl (C=O) groups excluding carboxylic acids is 1. The van der Waals surface area contributed by atoms with Gasteiger partial charge in [-0.3, -0.25) is 4.79 Å². The van der Waals surface area contributed by atoms with Crippen molar-refractivity contribution in [3.63, 3.8) is 0 Å². The number of hydrogen-bond acceptors (Lipinski definition) is 4. The lowest BCUT2D eigenvalue weighted by Crippen LogP contribution is -2.71. The van der Waals surface area contributed by atoms with Crippen molar-refractivity contribution in [2.75, 3.05) is 11.4 Å². The molecule has 4 bridgehead atoms. The molecule has 0 N–H and O–H groups in total. The highest BCUT2D eigenvalue weighted by Gasteiger charge is 2.73. The molecule has 1 aromatic heterocycles. The molecule has 1 heterocycles. The molecule has 43 heavy (non-hydrogen) atoms. The number of alkyl halides is 1. The van der Waals surface area contributed by atoms with Crippen molar-refractivity contribution >= 4 is 11.6 Å². The summed E-state index contributed by atoms with van der Waals surface area (Å²) in [5.41, 5.74) is 2.19. The number of halogens is 1. The van der Waals surface area contributed by atoms with Crippen molar-refractivity contribution in [3.05, 3.63) is 77.2 Å². The molecule has 7 heteroatoms. The van der Waals surface area contributed by atoms with E-state index in [4.69, 9.17) is 16.1 Å². The Morgan fingerprint density at radius 1 is 0.953 bits per heavy atom. The second kappa shape index (κ2) is 8.55. The predicted octanol–water partition coefficient (Wildman–Crippen LogP) is 8.04. The minimum atomic E-state index is -1.12. The lowest BCUT2D eigenvalue weighted by Gasteiger charge is -2.65. The quantitative estimate of drug-likeness (QED) is 0.255. The molecule has 1 amide bonds. The van der Waals surface area contributed by atoms with Crippen LogP contribution in [-0.4, -0.2) is 28.3 Å². The molecule has 0 atom stereocenters. The Morgan fingerprint density at radius 2 is 1.65 bits per heavy atom. The Bertz CT molecular complexity index is 1630. The molecule has 8 aliphatic carbocycles. The topological polar surface area (TPSA) is 63.6 Å². The maximum atomic E-state index is 14.6. The number of hydrogen-bond donors (Lipinski definition) is 0. The lowest BCUT2D eigenvalue weighted by molar-refractivity contribution is -0.211. The fourth-order valence-corrected chi connectivity index (χ4v) is 8.98. The Morgan fingerprint density at radius 3 is 2.26 bits per heavy atom. The van der Waals surface area contributed by atoms with Crippen LogP contribution in [0.1, 0.15) is 107 Å². The molecule has 0 saturated heterocycles. The zero-order valence-electron chi connectivity index (χ0n) is 24.6. The van der Waals surface area contributed by atoms with Gasteiger partial charge >= 0.3 is 0 Å². The van der Waals surface area contributed by atoms with E-state index in [-0.39, 0.29) is 22.3 Å². The van der Waals surface area contributed by atoms with Gasteiger partial charge in [0.1, 0.15) is 5.67 Å². The minimum absolute atomic E-state index is 0.0242. The monoisotopic (exact) mass is 576 g/mol. The molecule has 8 saturated carbocycles. The van der Waals surface area contributed by atoms with E-state index in [1.165, 1.54) is 12.8 Å². The van der Waals surface area contributed by atoms with Crippen LogP contribution in [0, 0.1) is 17.4 Å². The molecule has 8 aliphatic rings. The first-order valence-corrected chi connectivity index (χ1v) is 16.2. The summed E-state index contributed by atoms with van der Waals surface area (Å²) >= 11 is 0. The van der Waals surface area contributed by atoms with Crippen molar-refractivity contribution < 1.29 is 13.7 Å². The minimum Gasteiger partial charge on any atom is -0.339 e. The maximum Gasteiger partial charge on any atom is 0.258 e. The largest absolute Gasteiger partial charge is 0.339 e. The summed E-state index contributed by atoms with van der Waals surface area (Å²) in [6.45, 7) is 8.27. The highest BCUT2D eigenvalue weighted by molar-refractivity contribution is 6.00. The summed E-state index contributed by atoms with van der Waals surface area (Å²) in [5.74, 6) is 2.32. The second-order valence-electron chi connectivity index (χ2n) is 15.1. The highest BCUT2D eigenvalue weighted by atomic mass is 19.1. The number of anilines is 1. The molecule has 6 nitrogen and oxygen atoms in total. The van der Waals surface area contributed by atoms with Crippen molar-refractivity contribution in [3.8, 4) is 11.1 Å². The summed E-state index contributed by atoms with van der Waals surface area (Å²) in [6.07, 6.45) is 11.4. The molecule has 0 aliphatic heterocycles. The van der Waals surface area contributed by atoms with Gasteiger partial charge in [0.2, 0.25) is 11.8 Å². The van der Waals surface area contributed by atoms with E-state index in [0.29, 0.717) is 31.7 Å². The summed E-state index contributed by atoms with van der Waals surface area (Å²) in [7, 11) is 0. The van der Waals surface area contributed by atoms with Gasteiger partial charge in [-0.1, -0.05) is 41.6 Å². The van der Waals surface area contributed by atoms with Gasteiger partial charge in [0.05, 0.1) is 5.41 Å². The van der Waals surface area contributed by atoms with Crippen LogP contribution in [0.4, 0.5) is 10.1 Å². The van der Waals surface area contributed by atoms with Gasteiger partial charge in [-0.25, -0.2) is 11.0 Å². The standard InChI is InChI=1S/C36H37FN4O2/c1-38-36(17-18-36)27-9-7-24(8-10-27)26-3-2-4-28(19-26)41(31(42)34-20-35(37,21-34)22-34)23-32-11-14-33(15-12-32,16-13-32)30-39-29(40-43-30)25-5-6-25/h2-4,7-10,19,25H,5-6,11-18,20-23H2. The Balaban J connectivity index is 0.991. The van der Waals surface area contributed by atoms with Crippen molar-refractivity contribution in [2.24, 2.45) is 10.8 Å². The number of nitrogens with zero attached hydrogens (tertiary/aromatic N) is 4. The summed E-state index contributed by atoms with van der Waals surface area (Å²) < 4.78 is 20.5. The fourth-order valence-electron chi connectivity index (χ4n) is 8.98. The molecular weight excluding hydrogens is 539 g/mol. The first kappa shape index (κ1) is 25.9. The molecule has 8 fully saturated rings. The van der Waals surface area contributed by atoms with Gasteiger partial charge in [0.25, 0.3) is 5.54 Å². The van der Waals surface area contributed by atoms with Crippen LogP contribution in [-0.2, 0) is 15.7 Å². The first-order chi connectivity index (χ1) is 20.8. The van der Waals surface area contributed by atoms with E-state index in [0.717, 1.165) is 85.5 Å². The molecule has 3 aromatic rings. The number of amides is 1. The van der Waals surface area contributed by atoms with E-state index < -0.39 is 11.1 Å². The van der Waals surface area contributed by atoms with E-state index in [9.17, 15) is 9.18 Å². The van der Waals surface area contributed by atoms with Crippen LogP contribution in [0.3, 0.4) is 0 Å². The smallest absolute Gasteiger partial charge is 0.258 e. The molecule has 2 aromatic carbocycles. The van der Waals surface area contributed by atoms with Gasteiger partial charge in [0, 0.05) is 42.0 Å². The number of carbonyl (C=O) groups is 1. The zero-order valence-corrected chi connectivity index (χ0v) is 24.6. The van der Waals surface area contributed by atoms with Gasteiger partial charge < -0.3 is 14.3 Å². The third-order valence-corrected chi connectivity index (χ3v) is 12.2.